The fourth-order valence-corrected chi connectivity index (χ4v) is 1.37. The van der Waals surface area contributed by atoms with Gasteiger partial charge in [0.05, 0.1) is 11.5 Å². The number of carbonyl (C=O) groups is 1. The second kappa shape index (κ2) is 5.80. The van der Waals surface area contributed by atoms with Crippen LogP contribution in [0.1, 0.15) is 5.56 Å². The van der Waals surface area contributed by atoms with Crippen molar-refractivity contribution in [2.45, 2.75) is 12.5 Å². The summed E-state index contributed by atoms with van der Waals surface area (Å²) in [4.78, 5) is 20.5. The largest absolute Gasteiger partial charge is 0.444 e. The van der Waals surface area contributed by atoms with E-state index in [-0.39, 0.29) is 12.1 Å². The molecule has 0 spiro atoms. The van der Waals surface area contributed by atoms with Gasteiger partial charge in [-0.05, 0) is 5.56 Å². The van der Waals surface area contributed by atoms with Crippen molar-refractivity contribution in [2.24, 2.45) is 5.73 Å². The molecule has 0 saturated carbocycles. The monoisotopic (exact) mass is 240 g/mol. The Morgan fingerprint density at radius 2 is 2.29 bits per heavy atom. The number of rotatable bonds is 5. The first-order chi connectivity index (χ1) is 8.02. The van der Waals surface area contributed by atoms with E-state index in [4.69, 9.17) is 10.8 Å². The van der Waals surface area contributed by atoms with Gasteiger partial charge < -0.3 is 15.6 Å². The summed E-state index contributed by atoms with van der Waals surface area (Å²) in [5.74, 6) is 0. The van der Waals surface area contributed by atoms with E-state index in [1.807, 2.05) is 0 Å². The normalized spacial score (nSPS) is 11.8. The number of benzene rings is 1. The predicted molar refractivity (Wildman–Crippen MR) is 58.3 cm³/mol. The molecule has 0 radical (unpaired) electrons. The van der Waals surface area contributed by atoms with E-state index in [0.29, 0.717) is 5.56 Å². The topological polar surface area (TPSA) is 116 Å². The van der Waals surface area contributed by atoms with Crippen molar-refractivity contribution in [1.29, 1.82) is 0 Å². The molecular weight excluding hydrogens is 228 g/mol. The van der Waals surface area contributed by atoms with Crippen molar-refractivity contribution in [3.63, 3.8) is 0 Å². The molecule has 1 rings (SSSR count). The highest BCUT2D eigenvalue weighted by Crippen LogP contribution is 2.15. The molecule has 1 aromatic rings. The molecule has 92 valence electrons. The van der Waals surface area contributed by atoms with E-state index in [9.17, 15) is 14.9 Å². The lowest BCUT2D eigenvalue weighted by atomic mass is 10.1. The van der Waals surface area contributed by atoms with E-state index >= 15 is 0 Å². The van der Waals surface area contributed by atoms with Crippen molar-refractivity contribution < 1.29 is 19.6 Å². The summed E-state index contributed by atoms with van der Waals surface area (Å²) in [6.45, 7) is -0.397. The number of carbonyl (C=O) groups excluding carboxylic acids is 1. The highest BCUT2D eigenvalue weighted by Gasteiger charge is 2.14. The van der Waals surface area contributed by atoms with Gasteiger partial charge >= 0.3 is 6.09 Å². The molecule has 0 bridgehead atoms. The van der Waals surface area contributed by atoms with Crippen molar-refractivity contribution in [3.8, 4) is 0 Å². The smallest absolute Gasteiger partial charge is 0.404 e. The number of non-ortho nitro benzene ring substituents is 1. The van der Waals surface area contributed by atoms with Gasteiger partial charge in [-0.2, -0.15) is 0 Å². The summed E-state index contributed by atoms with van der Waals surface area (Å²) < 4.78 is 4.62. The van der Waals surface area contributed by atoms with Gasteiger partial charge in [0.15, 0.2) is 0 Å². The molecule has 7 nitrogen and oxygen atoms in total. The van der Waals surface area contributed by atoms with Crippen molar-refractivity contribution in [2.75, 3.05) is 6.61 Å². The third-order valence-electron chi connectivity index (χ3n) is 2.07. The summed E-state index contributed by atoms with van der Waals surface area (Å²) in [6.07, 6.45) is -1.62. The van der Waals surface area contributed by atoms with Gasteiger partial charge in [-0.3, -0.25) is 10.1 Å². The number of amides is 1. The number of nitro groups is 1. The minimum atomic E-state index is -0.991. The molecule has 7 heteroatoms. The molecule has 0 unspecified atom stereocenters. The third-order valence-corrected chi connectivity index (χ3v) is 2.07. The summed E-state index contributed by atoms with van der Waals surface area (Å²) in [5.41, 5.74) is 5.35. The van der Waals surface area contributed by atoms with Gasteiger partial charge in [0.2, 0.25) is 0 Å². The molecule has 0 aliphatic heterocycles. The van der Waals surface area contributed by atoms with Crippen LogP contribution in [-0.2, 0) is 11.2 Å². The number of nitrogens with two attached hydrogens (primary N) is 1. The fraction of sp³-hybridized carbons (Fsp3) is 0.300. The Balaban J connectivity index is 2.75. The molecule has 0 aromatic heterocycles. The first kappa shape index (κ1) is 12.9. The van der Waals surface area contributed by atoms with E-state index in [2.05, 4.69) is 4.74 Å². The molecule has 1 amide bonds. The van der Waals surface area contributed by atoms with Crippen LogP contribution in [0.5, 0.6) is 0 Å². The van der Waals surface area contributed by atoms with E-state index in [1.165, 1.54) is 18.2 Å². The Labute approximate surface area is 97.0 Å². The van der Waals surface area contributed by atoms with Crippen LogP contribution in [0.25, 0.3) is 0 Å². The van der Waals surface area contributed by atoms with E-state index in [0.717, 1.165) is 0 Å². The number of nitrogens with zero attached hydrogens (tertiary/aromatic N) is 1. The third kappa shape index (κ3) is 4.07. The Kier molecular flexibility index (Phi) is 4.41. The molecular formula is C10H12N2O5. The summed E-state index contributed by atoms with van der Waals surface area (Å²) in [7, 11) is 0. The van der Waals surface area contributed by atoms with Gasteiger partial charge in [-0.25, -0.2) is 4.79 Å². The van der Waals surface area contributed by atoms with Crippen LogP contribution in [0.3, 0.4) is 0 Å². The maximum Gasteiger partial charge on any atom is 0.404 e. The molecule has 0 heterocycles. The number of ether oxygens (including phenoxy) is 1. The van der Waals surface area contributed by atoms with Gasteiger partial charge in [-0.15, -0.1) is 0 Å². The molecule has 1 atom stereocenters. The molecule has 0 fully saturated rings. The number of hydrogen-bond donors (Lipinski definition) is 2. The summed E-state index contributed by atoms with van der Waals surface area (Å²) in [6, 6.07) is 5.87. The van der Waals surface area contributed by atoms with Crippen LogP contribution in [0.15, 0.2) is 24.3 Å². The Morgan fingerprint density at radius 1 is 1.59 bits per heavy atom. The average molecular weight is 240 g/mol. The fourth-order valence-electron chi connectivity index (χ4n) is 1.37. The zero-order chi connectivity index (χ0) is 12.8. The van der Waals surface area contributed by atoms with Crippen LogP contribution in [0.4, 0.5) is 10.5 Å². The standard InChI is InChI=1S/C10H12N2O5/c11-10(14)17-9(6-13)5-7-2-1-3-8(4-7)12(15)16/h1-4,9,13H,5-6H2,(H2,11,14)/t9-/m0/s1. The Hall–Kier alpha value is -2.15. The van der Waals surface area contributed by atoms with Crippen molar-refractivity contribution in [3.05, 3.63) is 39.9 Å². The molecule has 0 aliphatic carbocycles. The molecule has 3 N–H and O–H groups in total. The Morgan fingerprint density at radius 3 is 2.82 bits per heavy atom. The van der Waals surface area contributed by atoms with Gasteiger partial charge in [0.1, 0.15) is 6.10 Å². The van der Waals surface area contributed by atoms with Gasteiger partial charge in [-0.1, -0.05) is 12.1 Å². The molecule has 0 saturated heterocycles. The molecule has 1 aromatic carbocycles. The number of primary amides is 1. The maximum absolute atomic E-state index is 10.5. The number of aliphatic hydroxyl groups excluding tert-OH is 1. The van der Waals surface area contributed by atoms with E-state index in [1.54, 1.807) is 6.07 Å². The predicted octanol–water partition coefficient (Wildman–Crippen LogP) is 0.593. The lowest BCUT2D eigenvalue weighted by molar-refractivity contribution is -0.384. The van der Waals surface area contributed by atoms with E-state index < -0.39 is 23.7 Å². The highest BCUT2D eigenvalue weighted by molar-refractivity contribution is 5.64. The summed E-state index contributed by atoms with van der Waals surface area (Å²) >= 11 is 0. The summed E-state index contributed by atoms with van der Waals surface area (Å²) in [5, 5.41) is 19.5. The molecule has 0 aliphatic rings. The molecule has 17 heavy (non-hydrogen) atoms. The van der Waals surface area contributed by atoms with Crippen LogP contribution in [-0.4, -0.2) is 28.8 Å². The quantitative estimate of drug-likeness (QED) is 0.577. The number of nitro benzene ring substituents is 1. The van der Waals surface area contributed by atoms with Crippen LogP contribution in [0, 0.1) is 10.1 Å². The second-order valence-electron chi connectivity index (χ2n) is 3.37. The minimum Gasteiger partial charge on any atom is -0.444 e. The average Bonchev–Trinajstić information content (AvgIpc) is 2.28. The van der Waals surface area contributed by atoms with Crippen LogP contribution in [0.2, 0.25) is 0 Å². The lowest BCUT2D eigenvalue weighted by Gasteiger charge is -2.13. The van der Waals surface area contributed by atoms with Crippen molar-refractivity contribution >= 4 is 11.8 Å². The highest BCUT2D eigenvalue weighted by atomic mass is 16.6. The zero-order valence-electron chi connectivity index (χ0n) is 8.91. The van der Waals surface area contributed by atoms with Gasteiger partial charge in [0.25, 0.3) is 5.69 Å². The van der Waals surface area contributed by atoms with Gasteiger partial charge in [0, 0.05) is 18.6 Å². The first-order valence-corrected chi connectivity index (χ1v) is 4.83. The lowest BCUT2D eigenvalue weighted by Crippen LogP contribution is -2.27. The second-order valence-corrected chi connectivity index (χ2v) is 3.37. The first-order valence-electron chi connectivity index (χ1n) is 4.83. The Bertz CT molecular complexity index is 421. The minimum absolute atomic E-state index is 0.0572. The number of aliphatic hydroxyl groups is 1. The number of hydrogen-bond acceptors (Lipinski definition) is 5. The zero-order valence-corrected chi connectivity index (χ0v) is 8.91. The SMILES string of the molecule is NC(=O)O[C@H](CO)Cc1cccc([N+](=O)[O-])c1. The van der Waals surface area contributed by atoms with Crippen LogP contribution < -0.4 is 5.73 Å². The maximum atomic E-state index is 10.5. The van der Waals surface area contributed by atoms with Crippen LogP contribution >= 0.6 is 0 Å². The van der Waals surface area contributed by atoms with Crippen molar-refractivity contribution in [1.82, 2.24) is 0 Å².